The smallest absolute Gasteiger partial charge is 0.269 e. The van der Waals surface area contributed by atoms with Gasteiger partial charge in [0.05, 0.1) is 16.0 Å². The molecule has 0 aromatic heterocycles. The van der Waals surface area contributed by atoms with Gasteiger partial charge in [-0.1, -0.05) is 17.7 Å². The van der Waals surface area contributed by atoms with Crippen molar-refractivity contribution in [3.63, 3.8) is 0 Å². The number of hydrazone groups is 1. The van der Waals surface area contributed by atoms with E-state index in [-0.39, 0.29) is 35.5 Å². The molecule has 0 saturated carbocycles. The highest BCUT2D eigenvalue weighted by molar-refractivity contribution is 7.89. The number of sulfonamides is 1. The van der Waals surface area contributed by atoms with Gasteiger partial charge in [-0.25, -0.2) is 13.8 Å². The van der Waals surface area contributed by atoms with E-state index in [4.69, 9.17) is 0 Å². The number of rotatable bonds is 6. The summed E-state index contributed by atoms with van der Waals surface area (Å²) < 4.78 is 26.9. The van der Waals surface area contributed by atoms with Gasteiger partial charge in [0.1, 0.15) is 0 Å². The largest absolute Gasteiger partial charge is 0.273 e. The monoisotopic (exact) mass is 430 g/mol. The molecule has 0 unspecified atom stereocenters. The quantitative estimate of drug-likeness (QED) is 0.428. The van der Waals surface area contributed by atoms with Gasteiger partial charge in [-0.2, -0.15) is 9.41 Å². The minimum Gasteiger partial charge on any atom is -0.273 e. The van der Waals surface area contributed by atoms with E-state index in [0.29, 0.717) is 18.4 Å². The van der Waals surface area contributed by atoms with E-state index in [0.717, 1.165) is 5.56 Å². The van der Waals surface area contributed by atoms with Crippen LogP contribution < -0.4 is 5.43 Å². The van der Waals surface area contributed by atoms with Crippen molar-refractivity contribution in [2.75, 3.05) is 13.1 Å². The second-order valence-corrected chi connectivity index (χ2v) is 9.01. The fourth-order valence-electron chi connectivity index (χ4n) is 3.16. The molecule has 1 amide bonds. The van der Waals surface area contributed by atoms with Crippen LogP contribution in [0.15, 0.2) is 58.5 Å². The van der Waals surface area contributed by atoms with Crippen molar-refractivity contribution in [2.45, 2.75) is 24.7 Å². The summed E-state index contributed by atoms with van der Waals surface area (Å²) in [6.45, 7) is 2.42. The lowest BCUT2D eigenvalue weighted by Crippen LogP contribution is -2.42. The number of benzene rings is 2. The fraction of sp³-hybridized carbons (Fsp3) is 0.300. The predicted molar refractivity (Wildman–Crippen MR) is 111 cm³/mol. The van der Waals surface area contributed by atoms with Gasteiger partial charge in [0.2, 0.25) is 15.9 Å². The molecule has 10 heteroatoms. The third-order valence-corrected chi connectivity index (χ3v) is 6.89. The number of non-ortho nitro benzene ring substituents is 1. The van der Waals surface area contributed by atoms with Crippen molar-refractivity contribution in [1.29, 1.82) is 0 Å². The number of nitro groups is 1. The highest BCUT2D eigenvalue weighted by atomic mass is 32.2. The zero-order chi connectivity index (χ0) is 21.7. The number of nitro benzene ring substituents is 1. The first-order chi connectivity index (χ1) is 14.3. The lowest BCUT2D eigenvalue weighted by molar-refractivity contribution is -0.384. The van der Waals surface area contributed by atoms with Crippen LogP contribution in [0.2, 0.25) is 0 Å². The van der Waals surface area contributed by atoms with Crippen molar-refractivity contribution in [2.24, 2.45) is 11.0 Å². The number of hydrogen-bond acceptors (Lipinski definition) is 6. The molecule has 158 valence electrons. The Morgan fingerprint density at radius 2 is 1.73 bits per heavy atom. The summed E-state index contributed by atoms with van der Waals surface area (Å²) in [5.74, 6) is -0.607. The molecule has 0 radical (unpaired) electrons. The molecule has 1 aliphatic rings. The SMILES string of the molecule is Cc1ccc(S(=O)(=O)N2CCC(C(=O)NN=Cc3ccc([N+](=O)[O-])cc3)CC2)cc1. The molecule has 1 fully saturated rings. The van der Waals surface area contributed by atoms with Crippen LogP contribution in [0, 0.1) is 23.0 Å². The van der Waals surface area contributed by atoms with Crippen molar-refractivity contribution in [3.05, 3.63) is 69.8 Å². The van der Waals surface area contributed by atoms with Crippen LogP contribution in [0.5, 0.6) is 0 Å². The fourth-order valence-corrected chi connectivity index (χ4v) is 4.63. The van der Waals surface area contributed by atoms with Gasteiger partial charge in [-0.3, -0.25) is 14.9 Å². The summed E-state index contributed by atoms with van der Waals surface area (Å²) in [7, 11) is -3.57. The normalized spacial score (nSPS) is 15.9. The molecular weight excluding hydrogens is 408 g/mol. The molecule has 1 saturated heterocycles. The summed E-state index contributed by atoms with van der Waals surface area (Å²) in [5.41, 5.74) is 4.03. The Morgan fingerprint density at radius 1 is 1.13 bits per heavy atom. The van der Waals surface area contributed by atoms with Crippen molar-refractivity contribution in [3.8, 4) is 0 Å². The molecule has 0 atom stereocenters. The van der Waals surface area contributed by atoms with Crippen LogP contribution in [0.1, 0.15) is 24.0 Å². The summed E-state index contributed by atoms with van der Waals surface area (Å²) >= 11 is 0. The summed E-state index contributed by atoms with van der Waals surface area (Å²) in [6, 6.07) is 12.5. The number of aryl methyl sites for hydroxylation is 1. The second-order valence-electron chi connectivity index (χ2n) is 7.07. The topological polar surface area (TPSA) is 122 Å². The standard InChI is InChI=1S/C20H22N4O5S/c1-15-2-8-19(9-3-15)30(28,29)23-12-10-17(11-13-23)20(25)22-21-14-16-4-6-18(7-5-16)24(26)27/h2-9,14,17H,10-13H2,1H3,(H,22,25). The molecular formula is C20H22N4O5S. The van der Waals surface area contributed by atoms with Crippen molar-refractivity contribution >= 4 is 27.8 Å². The number of nitrogens with zero attached hydrogens (tertiary/aromatic N) is 3. The van der Waals surface area contributed by atoms with Crippen LogP contribution >= 0.6 is 0 Å². The van der Waals surface area contributed by atoms with Gasteiger partial charge in [0.25, 0.3) is 5.69 Å². The second kappa shape index (κ2) is 9.14. The van der Waals surface area contributed by atoms with E-state index in [9.17, 15) is 23.3 Å². The first-order valence-corrected chi connectivity index (χ1v) is 10.9. The van der Waals surface area contributed by atoms with Gasteiger partial charge < -0.3 is 0 Å². The Labute approximate surface area is 174 Å². The molecule has 2 aromatic rings. The van der Waals surface area contributed by atoms with Crippen LogP contribution in [-0.2, 0) is 14.8 Å². The Balaban J connectivity index is 1.52. The van der Waals surface area contributed by atoms with Gasteiger partial charge in [0.15, 0.2) is 0 Å². The molecule has 1 aliphatic heterocycles. The number of amides is 1. The first-order valence-electron chi connectivity index (χ1n) is 9.41. The minimum absolute atomic E-state index is 0.0245. The molecule has 30 heavy (non-hydrogen) atoms. The first kappa shape index (κ1) is 21.6. The highest BCUT2D eigenvalue weighted by Gasteiger charge is 2.32. The molecule has 0 aliphatic carbocycles. The van der Waals surface area contributed by atoms with Crippen LogP contribution in [0.25, 0.3) is 0 Å². The van der Waals surface area contributed by atoms with Gasteiger partial charge in [0, 0.05) is 31.1 Å². The van der Waals surface area contributed by atoms with Gasteiger partial charge >= 0.3 is 0 Å². The number of piperidine rings is 1. The van der Waals surface area contributed by atoms with E-state index in [1.54, 1.807) is 24.3 Å². The molecule has 1 heterocycles. The lowest BCUT2D eigenvalue weighted by atomic mass is 9.98. The van der Waals surface area contributed by atoms with Crippen LogP contribution in [0.4, 0.5) is 5.69 Å². The zero-order valence-corrected chi connectivity index (χ0v) is 17.2. The van der Waals surface area contributed by atoms with Gasteiger partial charge in [-0.05, 0) is 49.6 Å². The summed E-state index contributed by atoms with van der Waals surface area (Å²) in [5, 5.41) is 14.5. The third kappa shape index (κ3) is 5.08. The minimum atomic E-state index is -3.57. The predicted octanol–water partition coefficient (Wildman–Crippen LogP) is 2.45. The molecule has 3 rings (SSSR count). The summed E-state index contributed by atoms with van der Waals surface area (Å²) in [4.78, 5) is 22.7. The molecule has 2 aromatic carbocycles. The lowest BCUT2D eigenvalue weighted by Gasteiger charge is -2.30. The molecule has 0 bridgehead atoms. The maximum Gasteiger partial charge on any atom is 0.269 e. The van der Waals surface area contributed by atoms with Crippen molar-refractivity contribution < 1.29 is 18.1 Å². The Kier molecular flexibility index (Phi) is 6.58. The average molecular weight is 430 g/mol. The van der Waals surface area contributed by atoms with E-state index < -0.39 is 14.9 Å². The summed E-state index contributed by atoms with van der Waals surface area (Å²) in [6.07, 6.45) is 2.21. The van der Waals surface area contributed by atoms with Gasteiger partial charge in [-0.15, -0.1) is 0 Å². The molecule has 1 N–H and O–H groups in total. The molecule has 9 nitrogen and oxygen atoms in total. The third-order valence-electron chi connectivity index (χ3n) is 4.98. The molecule has 0 spiro atoms. The maximum absolute atomic E-state index is 12.7. The van der Waals surface area contributed by atoms with Crippen LogP contribution in [0.3, 0.4) is 0 Å². The Hall–Kier alpha value is -3.11. The Bertz CT molecular complexity index is 1040. The van der Waals surface area contributed by atoms with E-state index in [1.165, 1.54) is 34.8 Å². The van der Waals surface area contributed by atoms with Crippen molar-refractivity contribution in [1.82, 2.24) is 9.73 Å². The highest BCUT2D eigenvalue weighted by Crippen LogP contribution is 2.24. The van der Waals surface area contributed by atoms with E-state index >= 15 is 0 Å². The number of carbonyl (C=O) groups excluding carboxylic acids is 1. The van der Waals surface area contributed by atoms with E-state index in [2.05, 4.69) is 10.5 Å². The average Bonchev–Trinajstić information content (AvgIpc) is 2.74. The Morgan fingerprint density at radius 3 is 2.30 bits per heavy atom. The van der Waals surface area contributed by atoms with E-state index in [1.807, 2.05) is 6.92 Å². The number of carbonyl (C=O) groups is 1. The number of nitrogens with one attached hydrogen (secondary N) is 1. The number of hydrogen-bond donors (Lipinski definition) is 1. The van der Waals surface area contributed by atoms with Crippen LogP contribution in [-0.4, -0.2) is 42.9 Å². The zero-order valence-electron chi connectivity index (χ0n) is 16.4. The maximum atomic E-state index is 12.7.